The van der Waals surface area contributed by atoms with Crippen molar-refractivity contribution in [2.75, 3.05) is 13.2 Å². The van der Waals surface area contributed by atoms with Crippen molar-refractivity contribution in [3.63, 3.8) is 0 Å². The molecule has 0 N–H and O–H groups in total. The highest BCUT2D eigenvalue weighted by atomic mass is 16.5. The first-order valence-electron chi connectivity index (χ1n) is 4.38. The van der Waals surface area contributed by atoms with E-state index in [4.69, 9.17) is 9.47 Å². The lowest BCUT2D eigenvalue weighted by Crippen LogP contribution is -1.99. The van der Waals surface area contributed by atoms with Gasteiger partial charge in [0.25, 0.3) is 0 Å². The Hall–Kier alpha value is -1.25. The molecular weight excluding hydrogens is 168 g/mol. The predicted octanol–water partition coefficient (Wildman–Crippen LogP) is 2.05. The van der Waals surface area contributed by atoms with E-state index in [2.05, 4.69) is 0 Å². The van der Waals surface area contributed by atoms with Crippen LogP contribution in [0.3, 0.4) is 0 Å². The Kier molecular flexibility index (Phi) is 6.69. The smallest absolute Gasteiger partial charge is 0.330 e. The maximum absolute atomic E-state index is 10.9. The van der Waals surface area contributed by atoms with Crippen molar-refractivity contribution < 1.29 is 14.3 Å². The van der Waals surface area contributed by atoms with E-state index in [1.54, 1.807) is 19.1 Å². The summed E-state index contributed by atoms with van der Waals surface area (Å²) >= 11 is 0. The molecule has 0 unspecified atom stereocenters. The van der Waals surface area contributed by atoms with Crippen LogP contribution in [0.25, 0.3) is 0 Å². The molecule has 3 heteroatoms. The molecule has 0 amide bonds. The predicted molar refractivity (Wildman–Crippen MR) is 51.2 cm³/mol. The highest BCUT2D eigenvalue weighted by molar-refractivity contribution is 5.82. The molecule has 0 aliphatic rings. The van der Waals surface area contributed by atoms with Crippen LogP contribution < -0.4 is 0 Å². The lowest BCUT2D eigenvalue weighted by Gasteiger charge is -2.01. The van der Waals surface area contributed by atoms with Gasteiger partial charge in [-0.2, -0.15) is 0 Å². The van der Waals surface area contributed by atoms with Crippen LogP contribution in [0.1, 0.15) is 20.8 Å². The Morgan fingerprint density at radius 2 is 1.77 bits per heavy atom. The standard InChI is InChI=1S/C10H16O3/c1-4-9(12-5-2)7-8-10(11)13-6-3/h4,7-8H,5-6H2,1-3H3/b8-7+,9-4?. The summed E-state index contributed by atoms with van der Waals surface area (Å²) in [6.07, 6.45) is 4.75. The van der Waals surface area contributed by atoms with Crippen LogP contribution in [-0.2, 0) is 14.3 Å². The molecule has 0 aromatic rings. The van der Waals surface area contributed by atoms with Crippen LogP contribution in [0.4, 0.5) is 0 Å². The molecule has 0 saturated heterocycles. The number of carbonyl (C=O) groups excluding carboxylic acids is 1. The minimum atomic E-state index is -0.346. The summed E-state index contributed by atoms with van der Waals surface area (Å²) in [5.74, 6) is 0.331. The summed E-state index contributed by atoms with van der Waals surface area (Å²) in [4.78, 5) is 10.9. The van der Waals surface area contributed by atoms with Gasteiger partial charge >= 0.3 is 5.97 Å². The molecular formula is C10H16O3. The van der Waals surface area contributed by atoms with Gasteiger partial charge in [-0.25, -0.2) is 4.79 Å². The number of esters is 1. The van der Waals surface area contributed by atoms with Gasteiger partial charge in [0.15, 0.2) is 0 Å². The minimum absolute atomic E-state index is 0.346. The van der Waals surface area contributed by atoms with Gasteiger partial charge < -0.3 is 9.47 Å². The van der Waals surface area contributed by atoms with E-state index in [0.29, 0.717) is 19.0 Å². The summed E-state index contributed by atoms with van der Waals surface area (Å²) in [5.41, 5.74) is 0. The molecule has 3 nitrogen and oxygen atoms in total. The van der Waals surface area contributed by atoms with E-state index in [1.807, 2.05) is 13.8 Å². The van der Waals surface area contributed by atoms with Crippen LogP contribution in [0.15, 0.2) is 24.0 Å². The summed E-state index contributed by atoms with van der Waals surface area (Å²) in [6, 6.07) is 0. The lowest BCUT2D eigenvalue weighted by atomic mass is 10.4. The van der Waals surface area contributed by atoms with E-state index in [1.165, 1.54) is 6.08 Å². The quantitative estimate of drug-likeness (QED) is 0.284. The molecule has 0 aliphatic carbocycles. The van der Waals surface area contributed by atoms with Crippen molar-refractivity contribution in [1.29, 1.82) is 0 Å². The molecule has 0 bridgehead atoms. The average Bonchev–Trinajstić information content (AvgIpc) is 2.12. The van der Waals surface area contributed by atoms with E-state index in [9.17, 15) is 4.79 Å². The first kappa shape index (κ1) is 11.8. The topological polar surface area (TPSA) is 35.5 Å². The van der Waals surface area contributed by atoms with E-state index in [0.717, 1.165) is 0 Å². The van der Waals surface area contributed by atoms with Crippen molar-refractivity contribution in [2.24, 2.45) is 0 Å². The summed E-state index contributed by atoms with van der Waals surface area (Å²) < 4.78 is 9.89. The van der Waals surface area contributed by atoms with E-state index in [-0.39, 0.29) is 5.97 Å². The average molecular weight is 184 g/mol. The maximum atomic E-state index is 10.9. The van der Waals surface area contributed by atoms with Crippen molar-refractivity contribution >= 4 is 5.97 Å². The molecule has 0 radical (unpaired) electrons. The Bertz CT molecular complexity index is 204. The molecule has 0 aromatic heterocycles. The monoisotopic (exact) mass is 184 g/mol. The van der Waals surface area contributed by atoms with Gasteiger partial charge in [0.2, 0.25) is 0 Å². The second kappa shape index (κ2) is 7.40. The van der Waals surface area contributed by atoms with E-state index < -0.39 is 0 Å². The Morgan fingerprint density at radius 1 is 1.15 bits per heavy atom. The fourth-order valence-corrected chi connectivity index (χ4v) is 0.735. The van der Waals surface area contributed by atoms with Crippen LogP contribution in [0.5, 0.6) is 0 Å². The third-order valence-corrected chi connectivity index (χ3v) is 1.27. The molecule has 74 valence electrons. The zero-order valence-corrected chi connectivity index (χ0v) is 8.37. The third-order valence-electron chi connectivity index (χ3n) is 1.27. The molecule has 0 fully saturated rings. The first-order valence-corrected chi connectivity index (χ1v) is 4.38. The van der Waals surface area contributed by atoms with Crippen LogP contribution in [0, 0.1) is 0 Å². The van der Waals surface area contributed by atoms with Crippen LogP contribution >= 0.6 is 0 Å². The van der Waals surface area contributed by atoms with Gasteiger partial charge in [-0.3, -0.25) is 0 Å². The number of ether oxygens (including phenoxy) is 2. The maximum Gasteiger partial charge on any atom is 0.330 e. The van der Waals surface area contributed by atoms with Crippen molar-refractivity contribution in [1.82, 2.24) is 0 Å². The molecule has 0 aliphatic heterocycles. The molecule has 0 atom stereocenters. The first-order chi connectivity index (χ1) is 6.24. The fourth-order valence-electron chi connectivity index (χ4n) is 0.735. The Labute approximate surface area is 79.0 Å². The Balaban J connectivity index is 4.00. The van der Waals surface area contributed by atoms with Gasteiger partial charge in [0, 0.05) is 6.08 Å². The van der Waals surface area contributed by atoms with Gasteiger partial charge in [-0.1, -0.05) is 0 Å². The molecule has 0 rings (SSSR count). The van der Waals surface area contributed by atoms with Gasteiger partial charge in [-0.05, 0) is 32.9 Å². The van der Waals surface area contributed by atoms with Crippen molar-refractivity contribution in [2.45, 2.75) is 20.8 Å². The highest BCUT2D eigenvalue weighted by Crippen LogP contribution is 1.99. The van der Waals surface area contributed by atoms with Crippen LogP contribution in [0.2, 0.25) is 0 Å². The molecule has 0 heterocycles. The second-order valence-electron chi connectivity index (χ2n) is 2.21. The zero-order valence-electron chi connectivity index (χ0n) is 8.37. The van der Waals surface area contributed by atoms with Crippen molar-refractivity contribution in [3.05, 3.63) is 24.0 Å². The largest absolute Gasteiger partial charge is 0.494 e. The number of carbonyl (C=O) groups is 1. The van der Waals surface area contributed by atoms with Gasteiger partial charge in [-0.15, -0.1) is 0 Å². The lowest BCUT2D eigenvalue weighted by molar-refractivity contribution is -0.137. The Morgan fingerprint density at radius 3 is 2.23 bits per heavy atom. The summed E-state index contributed by atoms with van der Waals surface area (Å²) in [5, 5.41) is 0. The van der Waals surface area contributed by atoms with E-state index >= 15 is 0 Å². The number of hydrogen-bond donors (Lipinski definition) is 0. The number of hydrogen-bond acceptors (Lipinski definition) is 3. The second-order valence-corrected chi connectivity index (χ2v) is 2.21. The van der Waals surface area contributed by atoms with Crippen LogP contribution in [-0.4, -0.2) is 19.2 Å². The molecule has 0 spiro atoms. The minimum Gasteiger partial charge on any atom is -0.494 e. The third kappa shape index (κ3) is 5.96. The van der Waals surface area contributed by atoms with Gasteiger partial charge in [0.1, 0.15) is 5.76 Å². The summed E-state index contributed by atoms with van der Waals surface area (Å²) in [6.45, 7) is 6.49. The zero-order chi connectivity index (χ0) is 10.1. The molecule has 0 saturated carbocycles. The summed E-state index contributed by atoms with van der Waals surface area (Å²) in [7, 11) is 0. The fraction of sp³-hybridized carbons (Fsp3) is 0.500. The van der Waals surface area contributed by atoms with Gasteiger partial charge in [0.05, 0.1) is 13.2 Å². The highest BCUT2D eigenvalue weighted by Gasteiger charge is 1.94. The normalized spacial score (nSPS) is 11.8. The molecule has 0 aromatic carbocycles. The molecule has 13 heavy (non-hydrogen) atoms. The SMILES string of the molecule is CC=C(/C=C/C(=O)OCC)OCC. The number of allylic oxidation sites excluding steroid dienone is 2. The number of rotatable bonds is 5. The van der Waals surface area contributed by atoms with Crippen molar-refractivity contribution in [3.8, 4) is 0 Å².